The highest BCUT2D eigenvalue weighted by atomic mass is 15.3. The molecule has 15 heteroatoms. The van der Waals surface area contributed by atoms with Gasteiger partial charge >= 0.3 is 0 Å². The van der Waals surface area contributed by atoms with Crippen LogP contribution in [0.3, 0.4) is 0 Å². The molecule has 0 aliphatic heterocycles. The Morgan fingerprint density at radius 2 is 0.500 bits per heavy atom. The Morgan fingerprint density at radius 3 is 0.940 bits per heavy atom. The molecule has 468 valence electrons. The van der Waals surface area contributed by atoms with Crippen molar-refractivity contribution in [3.8, 4) is 68.8 Å². The summed E-state index contributed by atoms with van der Waals surface area (Å²) >= 11 is 0. The first-order chi connectivity index (χ1) is 49.6. The summed E-state index contributed by atoms with van der Waals surface area (Å²) in [5.74, 6) is 4.53. The first-order valence-electron chi connectivity index (χ1n) is 33.3. The fourth-order valence-corrected chi connectivity index (χ4v) is 15.0. The highest BCUT2D eigenvalue weighted by Crippen LogP contribution is 2.39. The van der Waals surface area contributed by atoms with E-state index in [0.29, 0.717) is 35.2 Å². The average molecular weight is 1280 g/mol. The van der Waals surface area contributed by atoms with E-state index in [0.717, 1.165) is 128 Å². The average Bonchev–Trinajstić information content (AvgIpc) is 1.57. The van der Waals surface area contributed by atoms with Gasteiger partial charge in [-0.3, -0.25) is 35.9 Å². The van der Waals surface area contributed by atoms with Crippen molar-refractivity contribution in [3.05, 3.63) is 322 Å². The number of imidazole rings is 5. The van der Waals surface area contributed by atoms with Crippen LogP contribution >= 0.6 is 0 Å². The zero-order chi connectivity index (χ0) is 65.5. The topological polar surface area (TPSA) is 128 Å². The van der Waals surface area contributed by atoms with Crippen LogP contribution in [-0.4, -0.2) is 70.8 Å². The Kier molecular flexibility index (Phi) is 12.0. The van der Waals surface area contributed by atoms with Crippen molar-refractivity contribution < 1.29 is 0 Å². The smallest absolute Gasteiger partial charge is 0.240 e. The predicted molar refractivity (Wildman–Crippen MR) is 400 cm³/mol. The van der Waals surface area contributed by atoms with E-state index in [1.165, 1.54) is 16.4 Å². The Hall–Kier alpha value is -14.1. The van der Waals surface area contributed by atoms with Crippen LogP contribution in [0.15, 0.2) is 322 Å². The van der Waals surface area contributed by atoms with Crippen LogP contribution in [0.1, 0.15) is 0 Å². The molecule has 15 nitrogen and oxygen atoms in total. The van der Waals surface area contributed by atoms with Gasteiger partial charge in [0.2, 0.25) is 17.7 Å². The molecule has 0 radical (unpaired) electrons. The summed E-state index contributed by atoms with van der Waals surface area (Å²) in [7, 11) is 0. The van der Waals surface area contributed by atoms with Gasteiger partial charge in [0, 0.05) is 44.1 Å². The van der Waals surface area contributed by atoms with E-state index in [1.54, 1.807) is 0 Å². The monoisotopic (exact) mass is 1280 g/mol. The Labute approximate surface area is 568 Å². The zero-order valence-corrected chi connectivity index (χ0v) is 53.3. The number of aromatic nitrogens is 15. The van der Waals surface area contributed by atoms with Crippen molar-refractivity contribution in [2.24, 2.45) is 0 Å². The highest BCUT2D eigenvalue weighted by molar-refractivity contribution is 6.01. The van der Waals surface area contributed by atoms with Crippen LogP contribution in [0.4, 0.5) is 0 Å². The molecule has 0 fully saturated rings. The minimum absolute atomic E-state index is 0.564. The number of hydrogen-bond donors (Lipinski definition) is 0. The molecule has 0 bridgehead atoms. The van der Waals surface area contributed by atoms with E-state index < -0.39 is 0 Å². The quantitative estimate of drug-likeness (QED) is 0.148. The maximum absolute atomic E-state index is 5.11. The number of fused-ring (bicyclic) bond motifs is 20. The third-order valence-corrected chi connectivity index (χ3v) is 19.4. The Morgan fingerprint density at radius 1 is 0.190 bits per heavy atom. The summed E-state index contributed by atoms with van der Waals surface area (Å²) in [5, 5.41) is 3.47. The largest absolute Gasteiger partial charge is 0.294 e. The number of rotatable bonds is 8. The van der Waals surface area contributed by atoms with Crippen molar-refractivity contribution in [2.75, 3.05) is 0 Å². The minimum atomic E-state index is 0.564. The first kappa shape index (κ1) is 55.3. The lowest BCUT2D eigenvalue weighted by Crippen LogP contribution is -2.06. The lowest BCUT2D eigenvalue weighted by atomic mass is 10.2. The van der Waals surface area contributed by atoms with Gasteiger partial charge < -0.3 is 0 Å². The van der Waals surface area contributed by atoms with Crippen LogP contribution in [0.25, 0.3) is 179 Å². The van der Waals surface area contributed by atoms with E-state index in [4.69, 9.17) is 34.9 Å². The maximum Gasteiger partial charge on any atom is 0.240 e. The molecule has 0 aliphatic carbocycles. The first-order valence-corrected chi connectivity index (χ1v) is 33.3. The highest BCUT2D eigenvalue weighted by Gasteiger charge is 2.25. The van der Waals surface area contributed by atoms with Crippen molar-refractivity contribution in [1.82, 2.24) is 70.8 Å². The predicted octanol–water partition coefficient (Wildman–Crippen LogP) is 19.2. The van der Waals surface area contributed by atoms with E-state index in [1.807, 2.05) is 127 Å². The van der Waals surface area contributed by atoms with Gasteiger partial charge in [0.05, 0.1) is 77.4 Å². The summed E-state index contributed by atoms with van der Waals surface area (Å²) in [6.07, 6.45) is 0. The molecule has 0 saturated carbocycles. The molecule has 0 N–H and O–H groups in total. The standard InChI is InChI=1S/C43H27N7.C42H26N8/c1-3-13-28(14-4-1)41-44-42(29-15-5-2-6-16-29)46-43(45-41)50-37-22-12-11-21-36(37)49-38-27-32(24-23-31(38)26-40(49)50)47-34-19-9-10-20-35(34)48-33-18-8-7-17-30(33)25-39(47)48;1-3-13-27(14-4-1)39-44-40(28-15-5-2-6-16-28)46-41(45-39)50-36-22-12-10-20-34(36)48-37-26-30(24-23-29(37)25-38(48)50)47-33-19-9-11-21-35(33)49-32-18-8-7-17-31(32)43-42(47)49/h1-27H;1-26H. The molecule has 0 spiro atoms. The van der Waals surface area contributed by atoms with Crippen molar-refractivity contribution in [1.29, 1.82) is 0 Å². The molecule has 0 saturated heterocycles. The fraction of sp³-hybridized carbons (Fsp3) is 0. The molecule has 22 rings (SSSR count). The summed E-state index contributed by atoms with van der Waals surface area (Å²) in [6.45, 7) is 0. The fourth-order valence-electron chi connectivity index (χ4n) is 15.0. The molecule has 22 aromatic rings. The summed E-state index contributed by atoms with van der Waals surface area (Å²) in [6, 6.07) is 112. The van der Waals surface area contributed by atoms with Crippen LogP contribution in [0.2, 0.25) is 0 Å². The normalized spacial score (nSPS) is 12.0. The lowest BCUT2D eigenvalue weighted by Gasteiger charge is -2.09. The summed E-state index contributed by atoms with van der Waals surface area (Å²) in [4.78, 5) is 35.4. The molecule has 0 amide bonds. The molecular weight excluding hydrogens is 1230 g/mol. The molecule has 100 heavy (non-hydrogen) atoms. The Balaban J connectivity index is 0.000000131. The van der Waals surface area contributed by atoms with E-state index in [9.17, 15) is 0 Å². The molecule has 0 unspecified atom stereocenters. The molecule has 12 aromatic carbocycles. The summed E-state index contributed by atoms with van der Waals surface area (Å²) < 4.78 is 18.2. The zero-order valence-electron chi connectivity index (χ0n) is 53.3. The van der Waals surface area contributed by atoms with Gasteiger partial charge in [0.25, 0.3) is 0 Å². The van der Waals surface area contributed by atoms with Gasteiger partial charge in [-0.25, -0.2) is 15.0 Å². The molecule has 0 aliphatic rings. The third-order valence-electron chi connectivity index (χ3n) is 19.4. The second-order valence-corrected chi connectivity index (χ2v) is 25.1. The summed E-state index contributed by atoms with van der Waals surface area (Å²) in [5.41, 5.74) is 23.1. The van der Waals surface area contributed by atoms with E-state index >= 15 is 0 Å². The molecule has 0 atom stereocenters. The number of para-hydroxylation sites is 11. The molecule has 10 heterocycles. The van der Waals surface area contributed by atoms with Crippen LogP contribution < -0.4 is 0 Å². The van der Waals surface area contributed by atoms with Crippen LogP contribution in [0, 0.1) is 0 Å². The van der Waals surface area contributed by atoms with Gasteiger partial charge in [0.15, 0.2) is 23.3 Å². The van der Waals surface area contributed by atoms with Gasteiger partial charge in [0.1, 0.15) is 16.9 Å². The van der Waals surface area contributed by atoms with Crippen LogP contribution in [0.5, 0.6) is 0 Å². The van der Waals surface area contributed by atoms with E-state index in [-0.39, 0.29) is 0 Å². The second-order valence-electron chi connectivity index (χ2n) is 25.1. The number of hydrogen-bond acceptors (Lipinski definition) is 7. The third kappa shape index (κ3) is 8.42. The second kappa shape index (κ2) is 21.7. The molecular formula is C85H53N15. The van der Waals surface area contributed by atoms with E-state index in [2.05, 4.69) is 230 Å². The minimum Gasteiger partial charge on any atom is -0.294 e. The number of nitrogens with zero attached hydrogens (tertiary/aromatic N) is 15. The number of benzene rings is 12. The van der Waals surface area contributed by atoms with Crippen molar-refractivity contribution in [3.63, 3.8) is 0 Å². The SMILES string of the molecule is c1ccc(-c2nc(-c3ccccc3)nc(-n3c4ccccc4n4c5cc(-n6c7ccccc7n7c8ccccc8cc67)ccc5cc34)n2)cc1.c1ccc(-c2nc(-c3ccccc3)nc(-n3c4ccccc4n4c5cc(-n6c7ccccc7n7c8ccccc8nc67)ccc5cc34)n2)cc1. The van der Waals surface area contributed by atoms with Gasteiger partial charge in [-0.1, -0.05) is 212 Å². The Bertz CT molecular complexity index is 6490. The van der Waals surface area contributed by atoms with Crippen molar-refractivity contribution in [2.45, 2.75) is 0 Å². The van der Waals surface area contributed by atoms with Crippen molar-refractivity contribution >= 4 is 111 Å². The lowest BCUT2D eigenvalue weighted by molar-refractivity contribution is 0.946. The maximum atomic E-state index is 5.11. The van der Waals surface area contributed by atoms with Gasteiger partial charge in [-0.2, -0.15) is 19.9 Å². The van der Waals surface area contributed by atoms with Crippen LogP contribution in [-0.2, 0) is 0 Å². The molecule has 10 aromatic heterocycles. The van der Waals surface area contributed by atoms with Gasteiger partial charge in [-0.15, -0.1) is 0 Å². The van der Waals surface area contributed by atoms with Gasteiger partial charge in [-0.05, 0) is 109 Å².